The second-order valence-electron chi connectivity index (χ2n) is 5.98. The molecule has 1 aromatic heterocycles. The Hall–Kier alpha value is -2.47. The molecule has 3 aromatic carbocycles. The fourth-order valence-electron chi connectivity index (χ4n) is 2.90. The molecule has 0 saturated heterocycles. The number of rotatable bonds is 4. The Morgan fingerprint density at radius 2 is 1.89 bits per heavy atom. The minimum Gasteiger partial charge on any atom is -0.250 e. The van der Waals surface area contributed by atoms with E-state index in [1.54, 1.807) is 23.0 Å². The zero-order valence-electron chi connectivity index (χ0n) is 14.1. The summed E-state index contributed by atoms with van der Waals surface area (Å²) >= 11 is 17.5. The van der Waals surface area contributed by atoms with Crippen molar-refractivity contribution in [3.05, 3.63) is 92.4 Å². The Kier molecular flexibility index (Phi) is 5.07. The van der Waals surface area contributed by atoms with Crippen molar-refractivity contribution in [2.45, 2.75) is 6.42 Å². The third-order valence-corrected chi connectivity index (χ3v) is 5.05. The number of aromatic amines is 1. The van der Waals surface area contributed by atoms with Crippen LogP contribution < -0.4 is 0 Å². The molecule has 4 nitrogen and oxygen atoms in total. The van der Waals surface area contributed by atoms with Crippen molar-refractivity contribution in [1.29, 1.82) is 0 Å². The monoisotopic (exact) mass is 412 g/mol. The van der Waals surface area contributed by atoms with Crippen molar-refractivity contribution >= 4 is 52.4 Å². The quantitative estimate of drug-likeness (QED) is 0.336. The van der Waals surface area contributed by atoms with Crippen LogP contribution in [0.25, 0.3) is 10.8 Å². The summed E-state index contributed by atoms with van der Waals surface area (Å²) in [5, 5.41) is 15.1. The smallest absolute Gasteiger partial charge is 0.216 e. The van der Waals surface area contributed by atoms with E-state index in [1.165, 1.54) is 10.8 Å². The maximum Gasteiger partial charge on any atom is 0.216 e. The highest BCUT2D eigenvalue weighted by Crippen LogP contribution is 2.22. The van der Waals surface area contributed by atoms with Gasteiger partial charge < -0.3 is 0 Å². The highest BCUT2D eigenvalue weighted by molar-refractivity contribution is 7.71. The van der Waals surface area contributed by atoms with E-state index in [2.05, 4.69) is 39.6 Å². The molecule has 0 aliphatic heterocycles. The fourth-order valence-corrected chi connectivity index (χ4v) is 3.56. The first-order valence-corrected chi connectivity index (χ1v) is 9.40. The van der Waals surface area contributed by atoms with Crippen LogP contribution >= 0.6 is 35.4 Å². The van der Waals surface area contributed by atoms with Gasteiger partial charge in [-0.25, -0.2) is 0 Å². The SMILES string of the molecule is S=c1[nH]nc(Cc2cccc3ccccc23)n1/N=C\c1ccc(Cl)cc1Cl. The first-order chi connectivity index (χ1) is 13.1. The maximum atomic E-state index is 6.21. The number of aromatic nitrogens is 3. The van der Waals surface area contributed by atoms with Crippen molar-refractivity contribution < 1.29 is 0 Å². The standard InChI is InChI=1S/C20H14Cl2N4S/c21-16-9-8-15(18(22)11-16)12-23-26-19(24-25-20(26)27)10-14-6-3-5-13-4-1-2-7-17(13)14/h1-9,11-12H,10H2,(H,25,27)/b23-12-. The van der Waals surface area contributed by atoms with Crippen LogP contribution in [-0.2, 0) is 6.42 Å². The third-order valence-electron chi connectivity index (χ3n) is 4.22. The van der Waals surface area contributed by atoms with E-state index in [1.807, 2.05) is 24.3 Å². The summed E-state index contributed by atoms with van der Waals surface area (Å²) in [5.74, 6) is 0.720. The molecule has 0 radical (unpaired) electrons. The lowest BCUT2D eigenvalue weighted by Gasteiger charge is -2.06. The molecule has 27 heavy (non-hydrogen) atoms. The van der Waals surface area contributed by atoms with Gasteiger partial charge in [0, 0.05) is 17.0 Å². The van der Waals surface area contributed by atoms with Gasteiger partial charge in [0.2, 0.25) is 4.77 Å². The van der Waals surface area contributed by atoms with Crippen molar-refractivity contribution in [1.82, 2.24) is 14.9 Å². The zero-order valence-corrected chi connectivity index (χ0v) is 16.4. The zero-order chi connectivity index (χ0) is 18.8. The van der Waals surface area contributed by atoms with Gasteiger partial charge in [-0.2, -0.15) is 14.9 Å². The van der Waals surface area contributed by atoms with Crippen LogP contribution in [0.5, 0.6) is 0 Å². The van der Waals surface area contributed by atoms with Gasteiger partial charge in [-0.1, -0.05) is 71.7 Å². The molecular weight excluding hydrogens is 399 g/mol. The van der Waals surface area contributed by atoms with Crippen LogP contribution in [-0.4, -0.2) is 21.1 Å². The van der Waals surface area contributed by atoms with E-state index in [-0.39, 0.29) is 0 Å². The Morgan fingerprint density at radius 3 is 2.74 bits per heavy atom. The van der Waals surface area contributed by atoms with Gasteiger partial charge in [-0.15, -0.1) is 0 Å². The average molecular weight is 413 g/mol. The number of hydrogen-bond acceptors (Lipinski definition) is 3. The number of nitrogens with zero attached hydrogens (tertiary/aromatic N) is 3. The van der Waals surface area contributed by atoms with Crippen LogP contribution in [0.15, 0.2) is 65.8 Å². The second-order valence-corrected chi connectivity index (χ2v) is 7.21. The molecule has 134 valence electrons. The van der Waals surface area contributed by atoms with Gasteiger partial charge >= 0.3 is 0 Å². The third kappa shape index (κ3) is 3.81. The number of benzene rings is 3. The predicted octanol–water partition coefficient (Wildman–Crippen LogP) is 5.87. The highest BCUT2D eigenvalue weighted by Gasteiger charge is 2.09. The molecule has 0 saturated carbocycles. The Morgan fingerprint density at radius 1 is 1.07 bits per heavy atom. The first kappa shape index (κ1) is 17.9. The summed E-state index contributed by atoms with van der Waals surface area (Å²) in [5.41, 5.74) is 1.91. The number of H-pyrrole nitrogens is 1. The van der Waals surface area contributed by atoms with Gasteiger partial charge in [0.05, 0.1) is 11.2 Å². The van der Waals surface area contributed by atoms with Gasteiger partial charge in [-0.05, 0) is 40.7 Å². The molecule has 1 N–H and O–H groups in total. The molecule has 0 atom stereocenters. The summed E-state index contributed by atoms with van der Waals surface area (Å²) in [6.45, 7) is 0. The van der Waals surface area contributed by atoms with E-state index < -0.39 is 0 Å². The second kappa shape index (κ2) is 7.64. The number of nitrogens with one attached hydrogen (secondary N) is 1. The van der Waals surface area contributed by atoms with Crippen LogP contribution in [0.1, 0.15) is 17.0 Å². The average Bonchev–Trinajstić information content (AvgIpc) is 3.01. The van der Waals surface area contributed by atoms with Crippen molar-refractivity contribution in [3.8, 4) is 0 Å². The van der Waals surface area contributed by atoms with Gasteiger partial charge in [0.25, 0.3) is 0 Å². The van der Waals surface area contributed by atoms with Gasteiger partial charge in [-0.3, -0.25) is 5.10 Å². The van der Waals surface area contributed by atoms with Gasteiger partial charge in [0.1, 0.15) is 0 Å². The van der Waals surface area contributed by atoms with E-state index in [9.17, 15) is 0 Å². The molecule has 0 aliphatic carbocycles. The predicted molar refractivity (Wildman–Crippen MR) is 114 cm³/mol. The normalized spacial score (nSPS) is 11.5. The summed E-state index contributed by atoms with van der Waals surface area (Å²) in [6.07, 6.45) is 2.25. The molecule has 0 bridgehead atoms. The molecule has 0 aliphatic rings. The van der Waals surface area contributed by atoms with E-state index in [0.717, 1.165) is 17.0 Å². The van der Waals surface area contributed by atoms with Crippen molar-refractivity contribution in [3.63, 3.8) is 0 Å². The first-order valence-electron chi connectivity index (χ1n) is 8.24. The molecule has 4 rings (SSSR count). The molecule has 4 aromatic rings. The summed E-state index contributed by atoms with van der Waals surface area (Å²) in [7, 11) is 0. The van der Waals surface area contributed by atoms with E-state index in [4.69, 9.17) is 35.4 Å². The minimum atomic E-state index is 0.423. The van der Waals surface area contributed by atoms with Crippen LogP contribution in [0.4, 0.5) is 0 Å². The van der Waals surface area contributed by atoms with E-state index in [0.29, 0.717) is 21.2 Å². The lowest BCUT2D eigenvalue weighted by Crippen LogP contribution is -2.01. The van der Waals surface area contributed by atoms with Crippen LogP contribution in [0.3, 0.4) is 0 Å². The van der Waals surface area contributed by atoms with Crippen molar-refractivity contribution in [2.75, 3.05) is 0 Å². The topological polar surface area (TPSA) is 46.0 Å². The summed E-state index contributed by atoms with van der Waals surface area (Å²) in [4.78, 5) is 0. The fraction of sp³-hybridized carbons (Fsp3) is 0.0500. The van der Waals surface area contributed by atoms with Crippen molar-refractivity contribution in [2.24, 2.45) is 5.10 Å². The summed E-state index contributed by atoms with van der Waals surface area (Å²) < 4.78 is 2.04. The lowest BCUT2D eigenvalue weighted by molar-refractivity contribution is 0.793. The molecule has 1 heterocycles. The maximum absolute atomic E-state index is 6.21. The highest BCUT2D eigenvalue weighted by atomic mass is 35.5. The number of halogens is 2. The lowest BCUT2D eigenvalue weighted by atomic mass is 10.0. The summed E-state index contributed by atoms with van der Waals surface area (Å²) in [6, 6.07) is 19.7. The molecular formula is C20H14Cl2N4S. The molecule has 0 fully saturated rings. The van der Waals surface area contributed by atoms with E-state index >= 15 is 0 Å². The number of fused-ring (bicyclic) bond motifs is 1. The van der Waals surface area contributed by atoms with Gasteiger partial charge in [0.15, 0.2) is 5.82 Å². The van der Waals surface area contributed by atoms with Crippen LogP contribution in [0, 0.1) is 4.77 Å². The molecule has 0 spiro atoms. The number of hydrogen-bond donors (Lipinski definition) is 1. The molecule has 0 amide bonds. The Labute approximate surface area is 171 Å². The molecule has 7 heteroatoms. The minimum absolute atomic E-state index is 0.423. The largest absolute Gasteiger partial charge is 0.250 e. The Balaban J connectivity index is 1.70. The van der Waals surface area contributed by atoms with Crippen LogP contribution in [0.2, 0.25) is 10.0 Å². The molecule has 0 unspecified atom stereocenters. The Bertz CT molecular complexity index is 1200.